The first kappa shape index (κ1) is 14.7. The summed E-state index contributed by atoms with van der Waals surface area (Å²) in [5.41, 5.74) is 2.23. The highest BCUT2D eigenvalue weighted by Crippen LogP contribution is 2.13. The molecular formula is C15H22N4O. The molecule has 0 spiro atoms. The molecule has 2 rings (SSSR count). The van der Waals surface area contributed by atoms with Gasteiger partial charge in [0.2, 0.25) is 0 Å². The smallest absolute Gasteiger partial charge is 0.153 e. The summed E-state index contributed by atoms with van der Waals surface area (Å²) in [6.45, 7) is 6.63. The van der Waals surface area contributed by atoms with Gasteiger partial charge in [-0.25, -0.2) is 9.67 Å². The topological polar surface area (TPSA) is 52.0 Å². The van der Waals surface area contributed by atoms with E-state index in [1.54, 1.807) is 7.11 Å². The second-order valence-electron chi connectivity index (χ2n) is 5.03. The lowest BCUT2D eigenvalue weighted by molar-refractivity contribution is 0.199. The number of pyridine rings is 1. The van der Waals surface area contributed by atoms with E-state index >= 15 is 0 Å². The summed E-state index contributed by atoms with van der Waals surface area (Å²) in [7, 11) is 1.70. The van der Waals surface area contributed by atoms with Crippen molar-refractivity contribution in [2.45, 2.75) is 26.3 Å². The summed E-state index contributed by atoms with van der Waals surface area (Å²) in [5.74, 6) is 1.28. The number of hydrogen-bond acceptors (Lipinski definition) is 4. The molecule has 0 atom stereocenters. The summed E-state index contributed by atoms with van der Waals surface area (Å²) in [5, 5.41) is 7.81. The Morgan fingerprint density at radius 3 is 2.75 bits per heavy atom. The minimum absolute atomic E-state index is 0.431. The molecule has 5 nitrogen and oxygen atoms in total. The molecule has 108 valence electrons. The fourth-order valence-electron chi connectivity index (χ4n) is 1.84. The van der Waals surface area contributed by atoms with Crippen LogP contribution in [0.2, 0.25) is 0 Å². The fraction of sp³-hybridized carbons (Fsp3) is 0.467. The number of methoxy groups -OCH3 is 1. The number of nitrogens with one attached hydrogen (secondary N) is 1. The Balaban J connectivity index is 1.96. The van der Waals surface area contributed by atoms with Crippen molar-refractivity contribution in [3.05, 3.63) is 41.9 Å². The maximum Gasteiger partial charge on any atom is 0.153 e. The van der Waals surface area contributed by atoms with E-state index < -0.39 is 0 Å². The minimum atomic E-state index is 0.431. The van der Waals surface area contributed by atoms with Crippen molar-refractivity contribution in [1.29, 1.82) is 0 Å². The molecule has 0 fully saturated rings. The average molecular weight is 274 g/mol. The molecule has 1 N–H and O–H groups in total. The van der Waals surface area contributed by atoms with E-state index in [9.17, 15) is 0 Å². The average Bonchev–Trinajstić information content (AvgIpc) is 2.94. The van der Waals surface area contributed by atoms with Gasteiger partial charge in [0, 0.05) is 32.6 Å². The number of hydrogen-bond donors (Lipinski definition) is 1. The second kappa shape index (κ2) is 7.17. The summed E-state index contributed by atoms with van der Waals surface area (Å²) in [6.07, 6.45) is 3.83. The minimum Gasteiger partial charge on any atom is -0.383 e. The van der Waals surface area contributed by atoms with Crippen molar-refractivity contribution in [2.24, 2.45) is 0 Å². The molecule has 0 unspecified atom stereocenters. The summed E-state index contributed by atoms with van der Waals surface area (Å²) < 4.78 is 6.81. The van der Waals surface area contributed by atoms with Gasteiger partial charge in [-0.05, 0) is 23.6 Å². The predicted octanol–water partition coefficient (Wildman–Crippen LogP) is 2.13. The van der Waals surface area contributed by atoms with Gasteiger partial charge in [-0.1, -0.05) is 19.9 Å². The van der Waals surface area contributed by atoms with E-state index in [-0.39, 0.29) is 0 Å². The van der Waals surface area contributed by atoms with Gasteiger partial charge < -0.3 is 10.1 Å². The van der Waals surface area contributed by atoms with Crippen molar-refractivity contribution in [1.82, 2.24) is 20.1 Å². The molecule has 0 aliphatic carbocycles. The molecule has 5 heteroatoms. The van der Waals surface area contributed by atoms with Crippen molar-refractivity contribution < 1.29 is 4.74 Å². The molecule has 0 saturated heterocycles. The number of aromatic nitrogens is 3. The standard InChI is InChI=1S/C15H22N4O/c1-12(2)14-6-8-19(18-14)15-5-4-13(11-17-15)10-16-7-9-20-3/h4-6,8,11-12,16H,7,9-10H2,1-3H3. The maximum absolute atomic E-state index is 4.99. The summed E-state index contributed by atoms with van der Waals surface area (Å²) in [4.78, 5) is 4.45. The Labute approximate surface area is 120 Å². The zero-order valence-corrected chi connectivity index (χ0v) is 12.3. The van der Waals surface area contributed by atoms with E-state index in [1.807, 2.05) is 29.2 Å². The summed E-state index contributed by atoms with van der Waals surface area (Å²) in [6, 6.07) is 6.09. The Kier molecular flexibility index (Phi) is 5.26. The van der Waals surface area contributed by atoms with E-state index in [1.165, 1.54) is 0 Å². The quantitative estimate of drug-likeness (QED) is 0.786. The zero-order valence-electron chi connectivity index (χ0n) is 12.3. The third kappa shape index (κ3) is 3.88. The van der Waals surface area contributed by atoms with Crippen molar-refractivity contribution in [2.75, 3.05) is 20.3 Å². The van der Waals surface area contributed by atoms with Gasteiger partial charge in [0.15, 0.2) is 5.82 Å². The van der Waals surface area contributed by atoms with E-state index in [2.05, 4.69) is 35.3 Å². The molecule has 0 bridgehead atoms. The molecule has 0 aliphatic heterocycles. The van der Waals surface area contributed by atoms with Gasteiger partial charge in [0.1, 0.15) is 0 Å². The van der Waals surface area contributed by atoms with E-state index in [0.717, 1.165) is 36.8 Å². The third-order valence-corrected chi connectivity index (χ3v) is 3.06. The van der Waals surface area contributed by atoms with Gasteiger partial charge in [0.25, 0.3) is 0 Å². The molecule has 2 aromatic heterocycles. The molecule has 2 heterocycles. The lowest BCUT2D eigenvalue weighted by atomic mass is 10.1. The Morgan fingerprint density at radius 2 is 2.15 bits per heavy atom. The van der Waals surface area contributed by atoms with Gasteiger partial charge >= 0.3 is 0 Å². The molecule has 0 aromatic carbocycles. The van der Waals surface area contributed by atoms with Gasteiger partial charge in [-0.2, -0.15) is 5.10 Å². The van der Waals surface area contributed by atoms with Crippen LogP contribution in [0.25, 0.3) is 5.82 Å². The van der Waals surface area contributed by atoms with Crippen molar-refractivity contribution in [3.63, 3.8) is 0 Å². The van der Waals surface area contributed by atoms with Crippen molar-refractivity contribution >= 4 is 0 Å². The third-order valence-electron chi connectivity index (χ3n) is 3.06. The number of ether oxygens (including phenoxy) is 1. The Bertz CT molecular complexity index is 519. The lowest BCUT2D eigenvalue weighted by Gasteiger charge is -2.05. The SMILES string of the molecule is COCCNCc1ccc(-n2ccc(C(C)C)n2)nc1. The molecule has 0 aliphatic rings. The first-order valence-electron chi connectivity index (χ1n) is 6.91. The van der Waals surface area contributed by atoms with Crippen LogP contribution in [0.1, 0.15) is 31.0 Å². The zero-order chi connectivity index (χ0) is 14.4. The Hall–Kier alpha value is -1.72. The predicted molar refractivity (Wildman–Crippen MR) is 79.0 cm³/mol. The molecule has 2 aromatic rings. The highest BCUT2D eigenvalue weighted by molar-refractivity contribution is 5.25. The van der Waals surface area contributed by atoms with Crippen LogP contribution < -0.4 is 5.32 Å². The van der Waals surface area contributed by atoms with Crippen LogP contribution in [0.5, 0.6) is 0 Å². The van der Waals surface area contributed by atoms with Crippen LogP contribution >= 0.6 is 0 Å². The number of nitrogens with zero attached hydrogens (tertiary/aromatic N) is 3. The van der Waals surface area contributed by atoms with Crippen LogP contribution in [0.3, 0.4) is 0 Å². The monoisotopic (exact) mass is 274 g/mol. The van der Waals surface area contributed by atoms with Gasteiger partial charge in [-0.3, -0.25) is 0 Å². The maximum atomic E-state index is 4.99. The van der Waals surface area contributed by atoms with Crippen LogP contribution in [0.15, 0.2) is 30.6 Å². The molecule has 20 heavy (non-hydrogen) atoms. The van der Waals surface area contributed by atoms with Crippen LogP contribution in [-0.2, 0) is 11.3 Å². The lowest BCUT2D eigenvalue weighted by Crippen LogP contribution is -2.18. The largest absolute Gasteiger partial charge is 0.383 e. The van der Waals surface area contributed by atoms with Crippen LogP contribution in [0.4, 0.5) is 0 Å². The Morgan fingerprint density at radius 1 is 1.30 bits per heavy atom. The highest BCUT2D eigenvalue weighted by Gasteiger charge is 2.05. The fourth-order valence-corrected chi connectivity index (χ4v) is 1.84. The molecule has 0 radical (unpaired) electrons. The van der Waals surface area contributed by atoms with Gasteiger partial charge in [0.05, 0.1) is 12.3 Å². The van der Waals surface area contributed by atoms with E-state index in [0.29, 0.717) is 5.92 Å². The second-order valence-corrected chi connectivity index (χ2v) is 5.03. The molecular weight excluding hydrogens is 252 g/mol. The highest BCUT2D eigenvalue weighted by atomic mass is 16.5. The first-order chi connectivity index (χ1) is 9.70. The van der Waals surface area contributed by atoms with Crippen molar-refractivity contribution in [3.8, 4) is 5.82 Å². The molecule has 0 saturated carbocycles. The van der Waals surface area contributed by atoms with E-state index in [4.69, 9.17) is 4.74 Å². The molecule has 0 amide bonds. The normalized spacial score (nSPS) is 11.2. The summed E-state index contributed by atoms with van der Waals surface area (Å²) >= 11 is 0. The van der Waals surface area contributed by atoms with Gasteiger partial charge in [-0.15, -0.1) is 0 Å². The first-order valence-corrected chi connectivity index (χ1v) is 6.91. The number of rotatable bonds is 7. The van der Waals surface area contributed by atoms with Crippen LogP contribution in [0, 0.1) is 0 Å². The van der Waals surface area contributed by atoms with Crippen LogP contribution in [-0.4, -0.2) is 35.0 Å².